The summed E-state index contributed by atoms with van der Waals surface area (Å²) in [7, 11) is 0. The van der Waals surface area contributed by atoms with Crippen molar-refractivity contribution in [2.24, 2.45) is 5.92 Å². The molecule has 1 aromatic rings. The molecule has 2 N–H and O–H groups in total. The number of thiazole rings is 1. The van der Waals surface area contributed by atoms with Crippen molar-refractivity contribution in [3.8, 4) is 0 Å². The zero-order valence-corrected chi connectivity index (χ0v) is 16.6. The van der Waals surface area contributed by atoms with Gasteiger partial charge in [-0.3, -0.25) is 14.5 Å². The molecule has 2 aliphatic rings. The van der Waals surface area contributed by atoms with Crippen molar-refractivity contribution in [2.75, 3.05) is 13.1 Å². The highest BCUT2D eigenvalue weighted by Gasteiger charge is 2.37. The first-order valence-electron chi connectivity index (χ1n) is 9.75. The van der Waals surface area contributed by atoms with Gasteiger partial charge in [0.1, 0.15) is 5.01 Å². The molecular weight excluding hydrogens is 348 g/mol. The summed E-state index contributed by atoms with van der Waals surface area (Å²) < 4.78 is 0. The molecule has 6 nitrogen and oxygen atoms in total. The Morgan fingerprint density at radius 3 is 2.65 bits per heavy atom. The van der Waals surface area contributed by atoms with Gasteiger partial charge in [0, 0.05) is 43.9 Å². The molecule has 0 spiro atoms. The Kier molecular flexibility index (Phi) is 6.64. The van der Waals surface area contributed by atoms with E-state index < -0.39 is 0 Å². The Morgan fingerprint density at radius 1 is 1.23 bits per heavy atom. The number of aromatic nitrogens is 1. The van der Waals surface area contributed by atoms with Gasteiger partial charge in [0.05, 0.1) is 12.2 Å². The number of carbonyl (C=O) groups is 2. The van der Waals surface area contributed by atoms with E-state index in [0.29, 0.717) is 25.6 Å². The van der Waals surface area contributed by atoms with Crippen molar-refractivity contribution in [3.63, 3.8) is 0 Å². The molecule has 2 heterocycles. The predicted octanol–water partition coefficient (Wildman–Crippen LogP) is 2.09. The highest BCUT2D eigenvalue weighted by atomic mass is 32.1. The molecule has 2 fully saturated rings. The number of amides is 2. The van der Waals surface area contributed by atoms with E-state index in [1.54, 1.807) is 18.3 Å². The molecule has 7 heteroatoms. The fourth-order valence-corrected chi connectivity index (χ4v) is 4.48. The van der Waals surface area contributed by atoms with E-state index in [1.807, 2.05) is 0 Å². The monoisotopic (exact) mass is 378 g/mol. The smallest absolute Gasteiger partial charge is 0.221 e. The van der Waals surface area contributed by atoms with Crippen LogP contribution in [0.25, 0.3) is 0 Å². The topological polar surface area (TPSA) is 74.3 Å². The molecule has 0 aromatic carbocycles. The van der Waals surface area contributed by atoms with E-state index in [0.717, 1.165) is 42.4 Å². The molecule has 1 saturated carbocycles. The molecule has 2 atom stereocenters. The summed E-state index contributed by atoms with van der Waals surface area (Å²) in [6.07, 6.45) is 6.14. The van der Waals surface area contributed by atoms with Crippen molar-refractivity contribution < 1.29 is 9.59 Å². The van der Waals surface area contributed by atoms with Crippen molar-refractivity contribution in [1.29, 1.82) is 0 Å². The summed E-state index contributed by atoms with van der Waals surface area (Å²) in [4.78, 5) is 30.7. The summed E-state index contributed by atoms with van der Waals surface area (Å²) in [5, 5.41) is 9.01. The Balaban J connectivity index is 1.49. The van der Waals surface area contributed by atoms with Gasteiger partial charge < -0.3 is 10.6 Å². The first-order valence-corrected chi connectivity index (χ1v) is 10.6. The molecule has 0 radical (unpaired) electrons. The lowest BCUT2D eigenvalue weighted by atomic mass is 10.1. The SMILES string of the molecule is CCc1csc(CNC(=O)C[C@H]2CC[C@@H](CNC(C)=O)N2CC2CC2)n1. The lowest BCUT2D eigenvalue weighted by molar-refractivity contribution is -0.122. The zero-order valence-electron chi connectivity index (χ0n) is 15.8. The Bertz CT molecular complexity index is 629. The van der Waals surface area contributed by atoms with E-state index in [1.165, 1.54) is 12.8 Å². The van der Waals surface area contributed by atoms with Crippen LogP contribution >= 0.6 is 11.3 Å². The first-order chi connectivity index (χ1) is 12.5. The van der Waals surface area contributed by atoms with Crippen LogP contribution < -0.4 is 10.6 Å². The van der Waals surface area contributed by atoms with Gasteiger partial charge in [0.15, 0.2) is 0 Å². The van der Waals surface area contributed by atoms with Crippen LogP contribution in [0.15, 0.2) is 5.38 Å². The van der Waals surface area contributed by atoms with Crippen LogP contribution in [0.5, 0.6) is 0 Å². The summed E-state index contributed by atoms with van der Waals surface area (Å²) in [6.45, 7) is 5.93. The highest BCUT2D eigenvalue weighted by molar-refractivity contribution is 7.09. The normalized spacial score (nSPS) is 23.2. The third-order valence-corrected chi connectivity index (χ3v) is 6.24. The summed E-state index contributed by atoms with van der Waals surface area (Å²) in [5.41, 5.74) is 1.09. The van der Waals surface area contributed by atoms with Crippen molar-refractivity contribution in [3.05, 3.63) is 16.1 Å². The number of rotatable bonds is 9. The number of nitrogens with zero attached hydrogens (tertiary/aromatic N) is 2. The fraction of sp³-hybridized carbons (Fsp3) is 0.737. The molecule has 1 aromatic heterocycles. The quantitative estimate of drug-likeness (QED) is 0.690. The van der Waals surface area contributed by atoms with Crippen LogP contribution in [-0.4, -0.2) is 46.9 Å². The number of aryl methyl sites for hydroxylation is 1. The Labute approximate surface area is 159 Å². The fourth-order valence-electron chi connectivity index (χ4n) is 3.66. The third kappa shape index (κ3) is 5.51. The molecular formula is C19H30N4O2S. The van der Waals surface area contributed by atoms with Crippen molar-refractivity contribution in [2.45, 2.75) is 71.0 Å². The number of hydrogen-bond donors (Lipinski definition) is 2. The number of likely N-dealkylation sites (tertiary alicyclic amines) is 1. The van der Waals surface area contributed by atoms with Crippen LogP contribution in [0.3, 0.4) is 0 Å². The van der Waals surface area contributed by atoms with Gasteiger partial charge in [0.2, 0.25) is 11.8 Å². The zero-order chi connectivity index (χ0) is 18.5. The van der Waals surface area contributed by atoms with Crippen molar-refractivity contribution in [1.82, 2.24) is 20.5 Å². The van der Waals surface area contributed by atoms with E-state index in [2.05, 4.69) is 32.8 Å². The van der Waals surface area contributed by atoms with Crippen LogP contribution in [0.4, 0.5) is 0 Å². The molecule has 0 bridgehead atoms. The first kappa shape index (κ1) is 19.3. The summed E-state index contributed by atoms with van der Waals surface area (Å²) in [5.74, 6) is 0.901. The van der Waals surface area contributed by atoms with Crippen LogP contribution in [0.2, 0.25) is 0 Å². The number of hydrogen-bond acceptors (Lipinski definition) is 5. The van der Waals surface area contributed by atoms with Gasteiger partial charge in [-0.25, -0.2) is 4.98 Å². The molecule has 0 unspecified atom stereocenters. The summed E-state index contributed by atoms with van der Waals surface area (Å²) >= 11 is 1.61. The minimum atomic E-state index is 0.0208. The lowest BCUT2D eigenvalue weighted by Crippen LogP contribution is -2.45. The van der Waals surface area contributed by atoms with Gasteiger partial charge in [-0.1, -0.05) is 6.92 Å². The molecule has 2 amide bonds. The maximum atomic E-state index is 12.4. The van der Waals surface area contributed by atoms with Gasteiger partial charge >= 0.3 is 0 Å². The van der Waals surface area contributed by atoms with Crippen LogP contribution in [-0.2, 0) is 22.6 Å². The summed E-state index contributed by atoms with van der Waals surface area (Å²) in [6, 6.07) is 0.653. The Hall–Kier alpha value is -1.47. The maximum Gasteiger partial charge on any atom is 0.221 e. The molecule has 1 aliphatic heterocycles. The molecule has 1 saturated heterocycles. The van der Waals surface area contributed by atoms with Gasteiger partial charge in [-0.05, 0) is 38.0 Å². The van der Waals surface area contributed by atoms with Crippen LogP contribution in [0.1, 0.15) is 56.7 Å². The minimum Gasteiger partial charge on any atom is -0.355 e. The van der Waals surface area contributed by atoms with E-state index in [4.69, 9.17) is 0 Å². The maximum absolute atomic E-state index is 12.4. The van der Waals surface area contributed by atoms with E-state index in [9.17, 15) is 9.59 Å². The second kappa shape index (κ2) is 8.95. The largest absolute Gasteiger partial charge is 0.355 e. The minimum absolute atomic E-state index is 0.0208. The molecule has 144 valence electrons. The van der Waals surface area contributed by atoms with Gasteiger partial charge in [-0.2, -0.15) is 0 Å². The third-order valence-electron chi connectivity index (χ3n) is 5.34. The van der Waals surface area contributed by atoms with E-state index >= 15 is 0 Å². The predicted molar refractivity (Wildman–Crippen MR) is 103 cm³/mol. The average molecular weight is 379 g/mol. The number of carbonyl (C=O) groups excluding carboxylic acids is 2. The van der Waals surface area contributed by atoms with Crippen LogP contribution in [0, 0.1) is 5.92 Å². The lowest BCUT2D eigenvalue weighted by Gasteiger charge is -2.30. The molecule has 26 heavy (non-hydrogen) atoms. The Morgan fingerprint density at radius 2 is 2.00 bits per heavy atom. The van der Waals surface area contributed by atoms with E-state index in [-0.39, 0.29) is 17.9 Å². The second-order valence-corrected chi connectivity index (χ2v) is 8.47. The van der Waals surface area contributed by atoms with Crippen molar-refractivity contribution >= 4 is 23.2 Å². The molecule has 1 aliphatic carbocycles. The second-order valence-electron chi connectivity index (χ2n) is 7.53. The highest BCUT2D eigenvalue weighted by Crippen LogP contribution is 2.35. The molecule has 3 rings (SSSR count). The van der Waals surface area contributed by atoms with Gasteiger partial charge in [-0.15, -0.1) is 11.3 Å². The standard InChI is InChI=1S/C19H30N4O2S/c1-3-15-12-26-19(22-15)10-21-18(25)8-16-6-7-17(9-20-13(2)24)23(16)11-14-4-5-14/h12,14,16-17H,3-11H2,1-2H3,(H,20,24)(H,21,25)/t16-,17+/m1/s1. The van der Waals surface area contributed by atoms with Gasteiger partial charge in [0.25, 0.3) is 0 Å². The average Bonchev–Trinajstić information content (AvgIpc) is 3.18. The number of nitrogens with one attached hydrogen (secondary N) is 2.